The minimum absolute atomic E-state index is 0.441. The first-order valence-corrected chi connectivity index (χ1v) is 3.34. The molecule has 0 saturated heterocycles. The SMILES string of the molecule is C=CC(N)=Nc1ccccc1. The number of benzene rings is 1. The summed E-state index contributed by atoms with van der Waals surface area (Å²) in [4.78, 5) is 4.05. The summed E-state index contributed by atoms with van der Waals surface area (Å²) in [6, 6.07) is 9.53. The average molecular weight is 146 g/mol. The van der Waals surface area contributed by atoms with Crippen LogP contribution in [0.1, 0.15) is 0 Å². The van der Waals surface area contributed by atoms with Crippen LogP contribution in [0.15, 0.2) is 48.0 Å². The molecule has 0 aliphatic rings. The lowest BCUT2D eigenvalue weighted by Crippen LogP contribution is -2.05. The molecule has 0 spiro atoms. The van der Waals surface area contributed by atoms with Crippen molar-refractivity contribution in [3.05, 3.63) is 43.0 Å². The molecule has 0 fully saturated rings. The normalized spacial score (nSPS) is 11.1. The summed E-state index contributed by atoms with van der Waals surface area (Å²) in [6.45, 7) is 3.50. The highest BCUT2D eigenvalue weighted by Crippen LogP contribution is 2.08. The van der Waals surface area contributed by atoms with Gasteiger partial charge in [0.15, 0.2) is 0 Å². The van der Waals surface area contributed by atoms with Gasteiger partial charge in [-0.2, -0.15) is 0 Å². The second-order valence-corrected chi connectivity index (χ2v) is 2.08. The highest BCUT2D eigenvalue weighted by atomic mass is 14.8. The molecule has 0 saturated carbocycles. The highest BCUT2D eigenvalue weighted by Gasteiger charge is 1.85. The lowest BCUT2D eigenvalue weighted by molar-refractivity contribution is 1.49. The van der Waals surface area contributed by atoms with Crippen LogP contribution in [0, 0.1) is 0 Å². The molecule has 1 rings (SSSR count). The lowest BCUT2D eigenvalue weighted by Gasteiger charge is -1.92. The van der Waals surface area contributed by atoms with Crippen molar-refractivity contribution in [3.63, 3.8) is 0 Å². The summed E-state index contributed by atoms with van der Waals surface area (Å²) in [5, 5.41) is 0. The third-order valence-electron chi connectivity index (χ3n) is 1.22. The standard InChI is InChI=1S/C9H10N2/c1-2-9(10)11-8-6-4-3-5-7-8/h2-7H,1H2,(H2,10,11). The average Bonchev–Trinajstić information content (AvgIpc) is 2.06. The van der Waals surface area contributed by atoms with Gasteiger partial charge >= 0.3 is 0 Å². The molecule has 0 aliphatic heterocycles. The second-order valence-electron chi connectivity index (χ2n) is 2.08. The molecule has 0 amide bonds. The number of aliphatic imine (C=N–C) groups is 1. The molecule has 0 aliphatic carbocycles. The summed E-state index contributed by atoms with van der Waals surface area (Å²) in [7, 11) is 0. The van der Waals surface area contributed by atoms with E-state index in [9.17, 15) is 0 Å². The predicted molar refractivity (Wildman–Crippen MR) is 47.9 cm³/mol. The molecule has 1 aromatic rings. The molecule has 0 radical (unpaired) electrons. The van der Waals surface area contributed by atoms with Crippen LogP contribution in [-0.4, -0.2) is 5.84 Å². The van der Waals surface area contributed by atoms with Crippen molar-refractivity contribution in [2.45, 2.75) is 0 Å². The van der Waals surface area contributed by atoms with Crippen LogP contribution in [0.3, 0.4) is 0 Å². The van der Waals surface area contributed by atoms with E-state index in [0.717, 1.165) is 5.69 Å². The van der Waals surface area contributed by atoms with Gasteiger partial charge in [0.2, 0.25) is 0 Å². The number of rotatable bonds is 2. The zero-order valence-electron chi connectivity index (χ0n) is 6.20. The maximum atomic E-state index is 5.44. The summed E-state index contributed by atoms with van der Waals surface area (Å²) < 4.78 is 0. The van der Waals surface area contributed by atoms with Crippen LogP contribution < -0.4 is 5.73 Å². The van der Waals surface area contributed by atoms with E-state index < -0.39 is 0 Å². The van der Waals surface area contributed by atoms with Crippen molar-refractivity contribution < 1.29 is 0 Å². The molecule has 2 N–H and O–H groups in total. The first-order valence-electron chi connectivity index (χ1n) is 3.34. The van der Waals surface area contributed by atoms with Gasteiger partial charge in [0.1, 0.15) is 5.84 Å². The Kier molecular flexibility index (Phi) is 2.44. The van der Waals surface area contributed by atoms with E-state index >= 15 is 0 Å². The smallest absolute Gasteiger partial charge is 0.123 e. The van der Waals surface area contributed by atoms with Gasteiger partial charge in [-0.15, -0.1) is 0 Å². The largest absolute Gasteiger partial charge is 0.384 e. The van der Waals surface area contributed by atoms with Crippen molar-refractivity contribution in [2.24, 2.45) is 10.7 Å². The van der Waals surface area contributed by atoms with E-state index in [-0.39, 0.29) is 0 Å². The van der Waals surface area contributed by atoms with Crippen LogP contribution >= 0.6 is 0 Å². The van der Waals surface area contributed by atoms with Gasteiger partial charge in [-0.3, -0.25) is 0 Å². The van der Waals surface area contributed by atoms with Gasteiger partial charge in [0, 0.05) is 0 Å². The predicted octanol–water partition coefficient (Wildman–Crippen LogP) is 1.86. The van der Waals surface area contributed by atoms with Gasteiger partial charge < -0.3 is 5.73 Å². The number of nitrogens with two attached hydrogens (primary N) is 1. The fourth-order valence-electron chi connectivity index (χ4n) is 0.697. The molecular weight excluding hydrogens is 136 g/mol. The van der Waals surface area contributed by atoms with Gasteiger partial charge in [-0.1, -0.05) is 24.8 Å². The minimum Gasteiger partial charge on any atom is -0.384 e. The van der Waals surface area contributed by atoms with Crippen molar-refractivity contribution in [1.29, 1.82) is 0 Å². The maximum absolute atomic E-state index is 5.44. The van der Waals surface area contributed by atoms with Crippen LogP contribution in [0.2, 0.25) is 0 Å². The maximum Gasteiger partial charge on any atom is 0.123 e. The van der Waals surface area contributed by atoms with E-state index in [4.69, 9.17) is 5.73 Å². The fourth-order valence-corrected chi connectivity index (χ4v) is 0.697. The minimum atomic E-state index is 0.441. The molecule has 2 nitrogen and oxygen atoms in total. The zero-order valence-corrected chi connectivity index (χ0v) is 6.20. The quantitative estimate of drug-likeness (QED) is 0.502. The van der Waals surface area contributed by atoms with Gasteiger partial charge in [0.05, 0.1) is 5.69 Å². The number of amidine groups is 1. The molecule has 56 valence electrons. The number of para-hydroxylation sites is 1. The molecule has 2 heteroatoms. The van der Waals surface area contributed by atoms with Gasteiger partial charge in [-0.05, 0) is 18.2 Å². The van der Waals surface area contributed by atoms with Gasteiger partial charge in [-0.25, -0.2) is 4.99 Å². The Balaban J connectivity index is 2.87. The molecule has 1 aromatic carbocycles. The van der Waals surface area contributed by atoms with E-state index in [0.29, 0.717) is 5.84 Å². The van der Waals surface area contributed by atoms with Crippen molar-refractivity contribution in [1.82, 2.24) is 0 Å². The first-order chi connectivity index (χ1) is 5.33. The Hall–Kier alpha value is -1.57. The van der Waals surface area contributed by atoms with E-state index in [1.54, 1.807) is 0 Å². The van der Waals surface area contributed by atoms with Gasteiger partial charge in [0.25, 0.3) is 0 Å². The van der Waals surface area contributed by atoms with Crippen LogP contribution in [0.25, 0.3) is 0 Å². The van der Waals surface area contributed by atoms with Crippen molar-refractivity contribution in [3.8, 4) is 0 Å². The number of hydrogen-bond acceptors (Lipinski definition) is 1. The highest BCUT2D eigenvalue weighted by molar-refractivity contribution is 5.92. The first kappa shape index (κ1) is 7.54. The van der Waals surface area contributed by atoms with Crippen molar-refractivity contribution in [2.75, 3.05) is 0 Å². The Morgan fingerprint density at radius 3 is 2.55 bits per heavy atom. The molecule has 0 atom stereocenters. The molecule has 11 heavy (non-hydrogen) atoms. The topological polar surface area (TPSA) is 38.4 Å². The third-order valence-corrected chi connectivity index (χ3v) is 1.22. The monoisotopic (exact) mass is 146 g/mol. The Bertz CT molecular complexity index is 262. The van der Waals surface area contributed by atoms with Crippen LogP contribution in [-0.2, 0) is 0 Å². The number of hydrogen-bond donors (Lipinski definition) is 1. The molecule has 0 bridgehead atoms. The Labute approximate surface area is 66.1 Å². The van der Waals surface area contributed by atoms with Crippen LogP contribution in [0.5, 0.6) is 0 Å². The second kappa shape index (κ2) is 3.56. The molecule has 0 aromatic heterocycles. The Morgan fingerprint density at radius 1 is 1.36 bits per heavy atom. The summed E-state index contributed by atoms with van der Waals surface area (Å²) >= 11 is 0. The summed E-state index contributed by atoms with van der Waals surface area (Å²) in [5.41, 5.74) is 6.29. The van der Waals surface area contributed by atoms with Crippen LogP contribution in [0.4, 0.5) is 5.69 Å². The summed E-state index contributed by atoms with van der Waals surface area (Å²) in [5.74, 6) is 0.441. The van der Waals surface area contributed by atoms with E-state index in [1.807, 2.05) is 30.3 Å². The number of nitrogens with zero attached hydrogens (tertiary/aromatic N) is 1. The molecule has 0 unspecified atom stereocenters. The summed E-state index contributed by atoms with van der Waals surface area (Å²) in [6.07, 6.45) is 1.52. The Morgan fingerprint density at radius 2 is 2.00 bits per heavy atom. The van der Waals surface area contributed by atoms with E-state index in [2.05, 4.69) is 11.6 Å². The molecular formula is C9H10N2. The zero-order chi connectivity index (χ0) is 8.10. The van der Waals surface area contributed by atoms with Crippen molar-refractivity contribution >= 4 is 11.5 Å². The fraction of sp³-hybridized carbons (Fsp3) is 0. The van der Waals surface area contributed by atoms with E-state index in [1.165, 1.54) is 6.08 Å². The third kappa shape index (κ3) is 2.26. The molecule has 0 heterocycles. The lowest BCUT2D eigenvalue weighted by atomic mass is 10.3.